The Labute approximate surface area is 162 Å². The highest BCUT2D eigenvalue weighted by Crippen LogP contribution is 2.11. The Morgan fingerprint density at radius 2 is 1.82 bits per heavy atom. The molecule has 2 N–H and O–H groups in total. The Hall–Kier alpha value is -3.48. The van der Waals surface area contributed by atoms with Gasteiger partial charge < -0.3 is 0 Å². The normalized spacial score (nSPS) is 10.6. The number of benzene rings is 2. The zero-order valence-corrected chi connectivity index (χ0v) is 15.9. The summed E-state index contributed by atoms with van der Waals surface area (Å²) in [4.78, 5) is 40.9. The van der Waals surface area contributed by atoms with Crippen LogP contribution in [-0.4, -0.2) is 21.4 Å². The predicted octanol–water partition coefficient (Wildman–Crippen LogP) is 2.12. The first-order valence-electron chi connectivity index (χ1n) is 9.12. The molecule has 0 aliphatic carbocycles. The first-order chi connectivity index (χ1) is 13.5. The van der Waals surface area contributed by atoms with Crippen LogP contribution in [-0.2, 0) is 17.8 Å². The first-order valence-corrected chi connectivity index (χ1v) is 9.12. The minimum Gasteiger partial charge on any atom is -0.298 e. The standard InChI is InChI=1S/C21H22N4O3/c1-3-15-7-9-16(10-8-15)20(27)24-23-18(26)11-12-25-13-22-19-14(2)5-4-6-17(19)21(25)28/h4-10,13H,3,11-12H2,1-2H3,(H,23,26)(H,24,27). The van der Waals surface area contributed by atoms with Crippen molar-refractivity contribution >= 4 is 22.7 Å². The van der Waals surface area contributed by atoms with E-state index in [0.29, 0.717) is 16.5 Å². The topological polar surface area (TPSA) is 93.1 Å². The van der Waals surface area contributed by atoms with Crippen molar-refractivity contribution in [1.82, 2.24) is 20.4 Å². The van der Waals surface area contributed by atoms with Crippen LogP contribution in [0.5, 0.6) is 0 Å². The summed E-state index contributed by atoms with van der Waals surface area (Å²) in [5, 5.41) is 0.520. The average Bonchev–Trinajstić information content (AvgIpc) is 2.72. The number of rotatable bonds is 5. The monoisotopic (exact) mass is 378 g/mol. The summed E-state index contributed by atoms with van der Waals surface area (Å²) in [7, 11) is 0. The van der Waals surface area contributed by atoms with Crippen molar-refractivity contribution in [3.63, 3.8) is 0 Å². The lowest BCUT2D eigenvalue weighted by Gasteiger charge is -2.09. The molecule has 0 radical (unpaired) electrons. The van der Waals surface area contributed by atoms with Gasteiger partial charge in [-0.3, -0.25) is 29.8 Å². The highest BCUT2D eigenvalue weighted by molar-refractivity contribution is 5.95. The molecule has 3 aromatic rings. The number of hydrazine groups is 1. The highest BCUT2D eigenvalue weighted by Gasteiger charge is 2.10. The molecule has 3 rings (SSSR count). The third-order valence-electron chi connectivity index (χ3n) is 4.57. The molecule has 0 atom stereocenters. The smallest absolute Gasteiger partial charge is 0.269 e. The van der Waals surface area contributed by atoms with E-state index in [1.54, 1.807) is 24.3 Å². The quantitative estimate of drug-likeness (QED) is 0.665. The van der Waals surface area contributed by atoms with E-state index >= 15 is 0 Å². The van der Waals surface area contributed by atoms with Crippen molar-refractivity contribution in [2.45, 2.75) is 33.2 Å². The lowest BCUT2D eigenvalue weighted by Crippen LogP contribution is -2.42. The number of hydrogen-bond donors (Lipinski definition) is 2. The van der Waals surface area contributed by atoms with Crippen LogP contribution in [0.4, 0.5) is 0 Å². The number of amides is 2. The van der Waals surface area contributed by atoms with Crippen LogP contribution in [0.15, 0.2) is 53.6 Å². The van der Waals surface area contributed by atoms with Gasteiger partial charge in [-0.15, -0.1) is 0 Å². The Bertz CT molecular complexity index is 1070. The molecule has 7 nitrogen and oxygen atoms in total. The number of para-hydroxylation sites is 1. The summed E-state index contributed by atoms with van der Waals surface area (Å²) in [6.45, 7) is 4.10. The molecular formula is C21H22N4O3. The van der Waals surface area contributed by atoms with Crippen LogP contribution in [0.3, 0.4) is 0 Å². The van der Waals surface area contributed by atoms with Crippen LogP contribution in [0, 0.1) is 6.92 Å². The zero-order chi connectivity index (χ0) is 20.1. The maximum Gasteiger partial charge on any atom is 0.269 e. The van der Waals surface area contributed by atoms with E-state index in [1.807, 2.05) is 32.0 Å². The van der Waals surface area contributed by atoms with Crippen LogP contribution in [0.25, 0.3) is 10.9 Å². The van der Waals surface area contributed by atoms with E-state index < -0.39 is 11.8 Å². The maximum atomic E-state index is 12.5. The van der Waals surface area contributed by atoms with E-state index in [2.05, 4.69) is 15.8 Å². The van der Waals surface area contributed by atoms with E-state index in [-0.39, 0.29) is 18.5 Å². The number of nitrogens with zero attached hydrogens (tertiary/aromatic N) is 2. The molecule has 0 unspecified atom stereocenters. The molecule has 28 heavy (non-hydrogen) atoms. The lowest BCUT2D eigenvalue weighted by atomic mass is 10.1. The molecule has 2 amide bonds. The second-order valence-corrected chi connectivity index (χ2v) is 6.52. The van der Waals surface area contributed by atoms with Gasteiger partial charge in [0, 0.05) is 18.5 Å². The molecule has 0 saturated heterocycles. The van der Waals surface area contributed by atoms with Gasteiger partial charge in [0.05, 0.1) is 17.2 Å². The molecule has 1 heterocycles. The van der Waals surface area contributed by atoms with Gasteiger partial charge in [-0.05, 0) is 42.7 Å². The van der Waals surface area contributed by atoms with E-state index in [9.17, 15) is 14.4 Å². The predicted molar refractivity (Wildman–Crippen MR) is 107 cm³/mol. The van der Waals surface area contributed by atoms with Gasteiger partial charge in [-0.25, -0.2) is 4.98 Å². The third kappa shape index (κ3) is 4.25. The van der Waals surface area contributed by atoms with Gasteiger partial charge in [0.1, 0.15) is 0 Å². The van der Waals surface area contributed by atoms with Gasteiger partial charge in [-0.2, -0.15) is 0 Å². The van der Waals surface area contributed by atoms with Gasteiger partial charge in [0.25, 0.3) is 11.5 Å². The van der Waals surface area contributed by atoms with Crippen molar-refractivity contribution in [2.24, 2.45) is 0 Å². The van der Waals surface area contributed by atoms with E-state index in [0.717, 1.165) is 17.5 Å². The number of hydrogen-bond acceptors (Lipinski definition) is 4. The molecule has 0 fully saturated rings. The Kier molecular flexibility index (Phi) is 5.84. The Morgan fingerprint density at radius 3 is 2.54 bits per heavy atom. The zero-order valence-electron chi connectivity index (χ0n) is 15.9. The fourth-order valence-corrected chi connectivity index (χ4v) is 2.87. The second-order valence-electron chi connectivity index (χ2n) is 6.52. The molecule has 0 aliphatic rings. The minimum absolute atomic E-state index is 0.0357. The Morgan fingerprint density at radius 1 is 1.07 bits per heavy atom. The molecule has 2 aromatic carbocycles. The summed E-state index contributed by atoms with van der Waals surface area (Å²) >= 11 is 0. The second kappa shape index (κ2) is 8.47. The molecular weight excluding hydrogens is 356 g/mol. The summed E-state index contributed by atoms with van der Waals surface area (Å²) in [6, 6.07) is 12.6. The number of aromatic nitrogens is 2. The molecule has 0 bridgehead atoms. The van der Waals surface area contributed by atoms with Crippen LogP contribution in [0.2, 0.25) is 0 Å². The van der Waals surface area contributed by atoms with Crippen molar-refractivity contribution in [3.05, 3.63) is 75.8 Å². The van der Waals surface area contributed by atoms with E-state index in [4.69, 9.17) is 0 Å². The molecule has 0 aliphatic heterocycles. The summed E-state index contributed by atoms with van der Waals surface area (Å²) in [5.74, 6) is -0.786. The molecule has 1 aromatic heterocycles. The summed E-state index contributed by atoms with van der Waals surface area (Å²) in [5.41, 5.74) is 7.74. The summed E-state index contributed by atoms with van der Waals surface area (Å²) < 4.78 is 1.40. The van der Waals surface area contributed by atoms with Crippen LogP contribution < -0.4 is 16.4 Å². The number of carbonyl (C=O) groups excluding carboxylic acids is 2. The third-order valence-corrected chi connectivity index (χ3v) is 4.57. The molecule has 144 valence electrons. The molecule has 0 spiro atoms. The fourth-order valence-electron chi connectivity index (χ4n) is 2.87. The van der Waals surface area contributed by atoms with Gasteiger partial charge >= 0.3 is 0 Å². The highest BCUT2D eigenvalue weighted by atomic mass is 16.2. The van der Waals surface area contributed by atoms with E-state index in [1.165, 1.54) is 10.9 Å². The molecule has 0 saturated carbocycles. The lowest BCUT2D eigenvalue weighted by molar-refractivity contribution is -0.122. The van der Waals surface area contributed by atoms with Gasteiger partial charge in [-0.1, -0.05) is 31.2 Å². The van der Waals surface area contributed by atoms with Crippen molar-refractivity contribution < 1.29 is 9.59 Å². The first kappa shape index (κ1) is 19.3. The average molecular weight is 378 g/mol. The summed E-state index contributed by atoms with van der Waals surface area (Å²) in [6.07, 6.45) is 2.37. The maximum absolute atomic E-state index is 12.5. The van der Waals surface area contributed by atoms with Crippen molar-refractivity contribution in [1.29, 1.82) is 0 Å². The van der Waals surface area contributed by atoms with Crippen LogP contribution >= 0.6 is 0 Å². The number of fused-ring (bicyclic) bond motifs is 1. The van der Waals surface area contributed by atoms with Crippen LogP contribution in [0.1, 0.15) is 34.8 Å². The number of nitrogens with one attached hydrogen (secondary N) is 2. The number of carbonyl (C=O) groups is 2. The van der Waals surface area contributed by atoms with Gasteiger partial charge in [0.2, 0.25) is 5.91 Å². The SMILES string of the molecule is CCc1ccc(C(=O)NNC(=O)CCn2cnc3c(C)cccc3c2=O)cc1. The molecule has 7 heteroatoms. The van der Waals surface area contributed by atoms with Gasteiger partial charge in [0.15, 0.2) is 0 Å². The number of aryl methyl sites for hydroxylation is 3. The fraction of sp³-hybridized carbons (Fsp3) is 0.238. The van der Waals surface area contributed by atoms with Crippen molar-refractivity contribution in [3.8, 4) is 0 Å². The largest absolute Gasteiger partial charge is 0.298 e. The van der Waals surface area contributed by atoms with Crippen molar-refractivity contribution in [2.75, 3.05) is 0 Å². The Balaban J connectivity index is 1.57. The minimum atomic E-state index is -0.394.